The third-order valence-electron chi connectivity index (χ3n) is 5.04. The van der Waals surface area contributed by atoms with Gasteiger partial charge in [-0.2, -0.15) is 0 Å². The molecule has 0 fully saturated rings. The summed E-state index contributed by atoms with van der Waals surface area (Å²) in [5.74, 6) is 0. The molecule has 0 unspecified atom stereocenters. The zero-order valence-corrected chi connectivity index (χ0v) is 19.8. The molecule has 0 spiro atoms. The second-order valence-corrected chi connectivity index (χ2v) is 6.75. The number of hydrogen-bond acceptors (Lipinski definition) is 1. The first-order valence-corrected chi connectivity index (χ1v) is 11.3. The van der Waals surface area contributed by atoms with Crippen LogP contribution in [0.1, 0.15) is 40.2 Å². The molecule has 0 radical (unpaired) electrons. The molecular formula is C30H35N. The Morgan fingerprint density at radius 1 is 0.742 bits per heavy atom. The van der Waals surface area contributed by atoms with E-state index in [0.717, 1.165) is 11.4 Å². The van der Waals surface area contributed by atoms with E-state index in [0.29, 0.717) is 0 Å². The van der Waals surface area contributed by atoms with Crippen molar-refractivity contribution in [1.29, 1.82) is 0 Å². The number of aryl methyl sites for hydroxylation is 1. The fourth-order valence-corrected chi connectivity index (χ4v) is 3.69. The molecule has 4 aromatic rings. The van der Waals surface area contributed by atoms with Gasteiger partial charge in [0.1, 0.15) is 0 Å². The zero-order valence-electron chi connectivity index (χ0n) is 19.8. The largest absolute Gasteiger partial charge is 0.310 e. The first-order valence-electron chi connectivity index (χ1n) is 11.3. The number of anilines is 2. The summed E-state index contributed by atoms with van der Waals surface area (Å²) in [6.45, 7) is 16.2. The van der Waals surface area contributed by atoms with Crippen molar-refractivity contribution in [2.75, 3.05) is 4.90 Å². The van der Waals surface area contributed by atoms with Gasteiger partial charge in [0.05, 0.1) is 5.69 Å². The van der Waals surface area contributed by atoms with Gasteiger partial charge >= 0.3 is 0 Å². The van der Waals surface area contributed by atoms with Crippen molar-refractivity contribution in [3.8, 4) is 0 Å². The van der Waals surface area contributed by atoms with Crippen LogP contribution in [0.2, 0.25) is 0 Å². The number of fused-ring (bicyclic) bond motifs is 3. The van der Waals surface area contributed by atoms with E-state index in [1.807, 2.05) is 33.8 Å². The Hall–Kier alpha value is -3.32. The fraction of sp³-hybridized carbons (Fsp3) is 0.200. The highest BCUT2D eigenvalue weighted by Crippen LogP contribution is 2.39. The zero-order chi connectivity index (χ0) is 22.8. The summed E-state index contributed by atoms with van der Waals surface area (Å²) in [5.41, 5.74) is 4.62. The van der Waals surface area contributed by atoms with E-state index in [1.54, 1.807) is 0 Å². The molecule has 31 heavy (non-hydrogen) atoms. The molecule has 0 bridgehead atoms. The van der Waals surface area contributed by atoms with Crippen molar-refractivity contribution in [3.63, 3.8) is 0 Å². The van der Waals surface area contributed by atoms with Gasteiger partial charge in [-0.05, 0) is 54.3 Å². The highest BCUT2D eigenvalue weighted by molar-refractivity contribution is 6.14. The van der Waals surface area contributed by atoms with Crippen LogP contribution < -0.4 is 4.90 Å². The van der Waals surface area contributed by atoms with Gasteiger partial charge in [0.15, 0.2) is 0 Å². The molecule has 0 amide bonds. The Balaban J connectivity index is 0.000000807. The van der Waals surface area contributed by atoms with Crippen molar-refractivity contribution in [1.82, 2.24) is 0 Å². The Labute approximate surface area is 188 Å². The minimum atomic E-state index is 1.07. The summed E-state index contributed by atoms with van der Waals surface area (Å²) in [6.07, 6.45) is 4.03. The van der Waals surface area contributed by atoms with Crippen LogP contribution in [0.3, 0.4) is 0 Å². The van der Waals surface area contributed by atoms with Crippen LogP contribution in [-0.4, -0.2) is 0 Å². The van der Waals surface area contributed by atoms with E-state index in [1.165, 1.54) is 32.8 Å². The maximum absolute atomic E-state index is 4.05. The third-order valence-corrected chi connectivity index (χ3v) is 5.04. The van der Waals surface area contributed by atoms with Gasteiger partial charge in [0.2, 0.25) is 0 Å². The molecule has 0 saturated carbocycles. The summed E-state index contributed by atoms with van der Waals surface area (Å²) in [5, 5.41) is 5.02. The molecule has 0 atom stereocenters. The number of allylic oxidation sites excluding steroid dienone is 2. The Morgan fingerprint density at radius 3 is 2.00 bits per heavy atom. The van der Waals surface area contributed by atoms with Crippen LogP contribution in [0.15, 0.2) is 103 Å². The summed E-state index contributed by atoms with van der Waals surface area (Å²) in [4.78, 5) is 2.29. The van der Waals surface area contributed by atoms with Crippen LogP contribution in [0.5, 0.6) is 0 Å². The van der Waals surface area contributed by atoms with Gasteiger partial charge in [0.25, 0.3) is 0 Å². The summed E-state index contributed by atoms with van der Waals surface area (Å²) < 4.78 is 0. The Morgan fingerprint density at radius 2 is 1.35 bits per heavy atom. The van der Waals surface area contributed by atoms with Crippen LogP contribution in [-0.2, 0) is 0 Å². The van der Waals surface area contributed by atoms with Gasteiger partial charge in [0, 0.05) is 16.8 Å². The molecule has 1 nitrogen and oxygen atoms in total. The smallest absolute Gasteiger partial charge is 0.0546 e. The monoisotopic (exact) mass is 409 g/mol. The number of hydrogen-bond donors (Lipinski definition) is 0. The van der Waals surface area contributed by atoms with Gasteiger partial charge in [-0.3, -0.25) is 0 Å². The van der Waals surface area contributed by atoms with E-state index in [4.69, 9.17) is 0 Å². The van der Waals surface area contributed by atoms with Crippen molar-refractivity contribution in [2.24, 2.45) is 0 Å². The van der Waals surface area contributed by atoms with Crippen LogP contribution in [0, 0.1) is 6.92 Å². The standard InChI is InChI=1S/C26H23N.2C2H6/c1-4-22(5-2)27(23-17-13-19(3)14-18-23)25-12-8-10-21-16-15-20-9-6-7-11-24(20)26(21)25;2*1-2/h4-18H,1H2,2-3H3;2*1-2H3/b22-5+;;. The lowest BCUT2D eigenvalue weighted by Gasteiger charge is -2.28. The van der Waals surface area contributed by atoms with Crippen LogP contribution >= 0.6 is 0 Å². The van der Waals surface area contributed by atoms with E-state index in [2.05, 4.69) is 110 Å². The van der Waals surface area contributed by atoms with Crippen LogP contribution in [0.4, 0.5) is 11.4 Å². The lowest BCUT2D eigenvalue weighted by molar-refractivity contribution is 1.21. The third kappa shape index (κ3) is 5.06. The average Bonchev–Trinajstić information content (AvgIpc) is 2.85. The van der Waals surface area contributed by atoms with E-state index in [9.17, 15) is 0 Å². The first kappa shape index (κ1) is 24.0. The molecule has 4 rings (SSSR count). The van der Waals surface area contributed by atoms with E-state index < -0.39 is 0 Å². The molecule has 0 aliphatic rings. The fourth-order valence-electron chi connectivity index (χ4n) is 3.69. The number of rotatable bonds is 4. The SMILES string of the molecule is C=C/C(=C\C)N(c1ccc(C)cc1)c1cccc2ccc3ccccc3c12.CC.CC. The number of benzene rings is 4. The minimum absolute atomic E-state index is 1.07. The maximum Gasteiger partial charge on any atom is 0.0546 e. The van der Waals surface area contributed by atoms with Crippen molar-refractivity contribution in [3.05, 3.63) is 109 Å². The second-order valence-electron chi connectivity index (χ2n) is 6.75. The molecule has 0 N–H and O–H groups in total. The van der Waals surface area contributed by atoms with Crippen LogP contribution in [0.25, 0.3) is 21.5 Å². The average molecular weight is 410 g/mol. The van der Waals surface area contributed by atoms with E-state index >= 15 is 0 Å². The van der Waals surface area contributed by atoms with Crippen molar-refractivity contribution in [2.45, 2.75) is 41.5 Å². The van der Waals surface area contributed by atoms with Gasteiger partial charge in [-0.15, -0.1) is 0 Å². The molecule has 1 heteroatoms. The first-order chi connectivity index (χ1) is 15.2. The Bertz CT molecular complexity index is 1150. The molecule has 0 aliphatic heterocycles. The second kappa shape index (κ2) is 11.8. The molecule has 0 heterocycles. The van der Waals surface area contributed by atoms with Gasteiger partial charge < -0.3 is 4.90 Å². The maximum atomic E-state index is 4.05. The summed E-state index contributed by atoms with van der Waals surface area (Å²) >= 11 is 0. The highest BCUT2D eigenvalue weighted by Gasteiger charge is 2.16. The van der Waals surface area contributed by atoms with Gasteiger partial charge in [-0.25, -0.2) is 0 Å². The quantitative estimate of drug-likeness (QED) is 0.239. The molecule has 4 aromatic carbocycles. The topological polar surface area (TPSA) is 3.24 Å². The number of nitrogens with zero attached hydrogens (tertiary/aromatic N) is 1. The molecule has 0 saturated heterocycles. The minimum Gasteiger partial charge on any atom is -0.310 e. The predicted octanol–water partition coefficient (Wildman–Crippen LogP) is 9.58. The highest BCUT2D eigenvalue weighted by atomic mass is 15.1. The van der Waals surface area contributed by atoms with Gasteiger partial charge in [-0.1, -0.05) is 107 Å². The lowest BCUT2D eigenvalue weighted by Crippen LogP contribution is -2.15. The summed E-state index contributed by atoms with van der Waals surface area (Å²) in [7, 11) is 0. The molecule has 0 aliphatic carbocycles. The molecular weight excluding hydrogens is 374 g/mol. The normalized spacial score (nSPS) is 10.6. The molecule has 160 valence electrons. The van der Waals surface area contributed by atoms with Crippen molar-refractivity contribution < 1.29 is 0 Å². The van der Waals surface area contributed by atoms with Crippen molar-refractivity contribution >= 4 is 32.9 Å². The van der Waals surface area contributed by atoms with E-state index in [-0.39, 0.29) is 0 Å². The Kier molecular flexibility index (Phi) is 9.09. The molecule has 0 aromatic heterocycles. The summed E-state index contributed by atoms with van der Waals surface area (Å²) in [6, 6.07) is 28.1. The lowest BCUT2D eigenvalue weighted by atomic mass is 9.99. The predicted molar refractivity (Wildman–Crippen MR) is 141 cm³/mol.